The Hall–Kier alpha value is -1.58. The molecule has 2 rings (SSSR count). The Balaban J connectivity index is 0.00000420. The number of carbonyl (C=O) groups excluding carboxylic acids is 1. The molecule has 164 valence electrons. The molecule has 0 aromatic carbocycles. The normalized spacial score (nSPS) is 14.9. The molecule has 0 saturated carbocycles. The smallest absolute Gasteiger partial charge is 0.309 e. The molecular weight excluding hydrogens is 481 g/mol. The average Bonchev–Trinajstić information content (AvgIpc) is 2.73. The number of hydrogen-bond donors (Lipinski definition) is 1. The second kappa shape index (κ2) is 13.6. The number of aromatic nitrogens is 1. The molecule has 1 N–H and O–H groups in total. The second-order valence-corrected chi connectivity index (χ2v) is 6.88. The molecule has 0 amide bonds. The van der Waals surface area contributed by atoms with Gasteiger partial charge in [-0.2, -0.15) is 0 Å². The van der Waals surface area contributed by atoms with Gasteiger partial charge >= 0.3 is 5.97 Å². The fourth-order valence-corrected chi connectivity index (χ4v) is 3.42. The van der Waals surface area contributed by atoms with Crippen LogP contribution in [0.1, 0.15) is 46.1 Å². The first-order valence-corrected chi connectivity index (χ1v) is 10.5. The third-order valence-corrected chi connectivity index (χ3v) is 5.06. The molecule has 1 aromatic rings. The van der Waals surface area contributed by atoms with Crippen LogP contribution >= 0.6 is 24.0 Å². The fourth-order valence-electron chi connectivity index (χ4n) is 3.42. The van der Waals surface area contributed by atoms with Gasteiger partial charge in [-0.3, -0.25) is 4.79 Å². The van der Waals surface area contributed by atoms with E-state index in [-0.39, 0.29) is 35.9 Å². The molecule has 8 heteroatoms. The summed E-state index contributed by atoms with van der Waals surface area (Å²) in [6, 6.07) is 4.16. The maximum Gasteiger partial charge on any atom is 0.309 e. The lowest BCUT2D eigenvalue weighted by Gasteiger charge is -2.33. The topological polar surface area (TPSA) is 70.1 Å². The summed E-state index contributed by atoms with van der Waals surface area (Å²) in [5.41, 5.74) is 1.09. The third-order valence-electron chi connectivity index (χ3n) is 5.06. The highest BCUT2D eigenvalue weighted by Crippen LogP contribution is 2.19. The zero-order valence-electron chi connectivity index (χ0n) is 18.2. The van der Waals surface area contributed by atoms with Crippen LogP contribution in [0.3, 0.4) is 0 Å². The minimum absolute atomic E-state index is 0. The molecule has 29 heavy (non-hydrogen) atoms. The molecule has 2 heterocycles. The van der Waals surface area contributed by atoms with Crippen LogP contribution in [0.25, 0.3) is 0 Å². The van der Waals surface area contributed by atoms with Gasteiger partial charge in [-0.05, 0) is 52.2 Å². The van der Waals surface area contributed by atoms with Crippen molar-refractivity contribution in [3.05, 3.63) is 23.9 Å². The van der Waals surface area contributed by atoms with E-state index in [1.807, 2.05) is 13.1 Å². The van der Waals surface area contributed by atoms with Gasteiger partial charge in [0.15, 0.2) is 5.96 Å². The molecule has 1 fully saturated rings. The van der Waals surface area contributed by atoms with E-state index in [0.717, 1.165) is 62.9 Å². The molecule has 1 aliphatic heterocycles. The Kier molecular flexibility index (Phi) is 11.9. The Morgan fingerprint density at radius 2 is 1.93 bits per heavy atom. The second-order valence-electron chi connectivity index (χ2n) is 6.88. The van der Waals surface area contributed by atoms with Crippen molar-refractivity contribution < 1.29 is 9.53 Å². The summed E-state index contributed by atoms with van der Waals surface area (Å²) in [7, 11) is 0. The van der Waals surface area contributed by atoms with Crippen molar-refractivity contribution in [2.75, 3.05) is 44.2 Å². The molecule has 1 saturated heterocycles. The quantitative estimate of drug-likeness (QED) is 0.247. The number of anilines is 1. The molecule has 0 radical (unpaired) electrons. The van der Waals surface area contributed by atoms with Crippen molar-refractivity contribution in [2.24, 2.45) is 10.9 Å². The van der Waals surface area contributed by atoms with Crippen LogP contribution in [0.5, 0.6) is 0 Å². The van der Waals surface area contributed by atoms with E-state index in [1.165, 1.54) is 0 Å². The van der Waals surface area contributed by atoms with Crippen LogP contribution in [-0.2, 0) is 16.1 Å². The van der Waals surface area contributed by atoms with Crippen molar-refractivity contribution in [3.63, 3.8) is 0 Å². The lowest BCUT2D eigenvalue weighted by Crippen LogP contribution is -2.46. The van der Waals surface area contributed by atoms with Gasteiger partial charge < -0.3 is 19.9 Å². The number of aliphatic imine (C=N–C) groups is 1. The maximum atomic E-state index is 11.9. The summed E-state index contributed by atoms with van der Waals surface area (Å²) in [6.45, 7) is 13.6. The molecule has 0 bridgehead atoms. The predicted octanol–water partition coefficient (Wildman–Crippen LogP) is 3.29. The van der Waals surface area contributed by atoms with E-state index in [1.54, 1.807) is 0 Å². The van der Waals surface area contributed by atoms with Crippen molar-refractivity contribution in [3.8, 4) is 0 Å². The van der Waals surface area contributed by atoms with Crippen LogP contribution in [-0.4, -0.2) is 61.1 Å². The van der Waals surface area contributed by atoms with Crippen molar-refractivity contribution in [1.82, 2.24) is 15.2 Å². The lowest BCUT2D eigenvalue weighted by atomic mass is 9.97. The van der Waals surface area contributed by atoms with Gasteiger partial charge in [-0.15, -0.1) is 24.0 Å². The highest BCUT2D eigenvalue weighted by molar-refractivity contribution is 14.0. The average molecular weight is 517 g/mol. The Labute approximate surface area is 192 Å². The summed E-state index contributed by atoms with van der Waals surface area (Å²) in [5.74, 6) is 1.85. The van der Waals surface area contributed by atoms with Crippen molar-refractivity contribution in [2.45, 2.75) is 47.1 Å². The Bertz CT molecular complexity index is 626. The number of pyridine rings is 1. The van der Waals surface area contributed by atoms with Gasteiger partial charge in [0.25, 0.3) is 0 Å². The first kappa shape index (κ1) is 25.5. The minimum Gasteiger partial charge on any atom is -0.466 e. The number of halogens is 1. The fraction of sp³-hybridized carbons (Fsp3) is 0.667. The Morgan fingerprint density at radius 1 is 1.24 bits per heavy atom. The van der Waals surface area contributed by atoms with E-state index < -0.39 is 0 Å². The van der Waals surface area contributed by atoms with Crippen LogP contribution < -0.4 is 10.2 Å². The number of likely N-dealkylation sites (tertiary alicyclic amines) is 1. The third kappa shape index (κ3) is 7.64. The number of guanidine groups is 1. The summed E-state index contributed by atoms with van der Waals surface area (Å²) in [4.78, 5) is 25.8. The van der Waals surface area contributed by atoms with Crippen molar-refractivity contribution >= 4 is 41.7 Å². The van der Waals surface area contributed by atoms with Gasteiger partial charge in [0, 0.05) is 38.9 Å². The molecule has 0 spiro atoms. The summed E-state index contributed by atoms with van der Waals surface area (Å²) < 4.78 is 5.16. The first-order valence-electron chi connectivity index (χ1n) is 10.5. The summed E-state index contributed by atoms with van der Waals surface area (Å²) in [5, 5.41) is 3.37. The number of carbonyl (C=O) groups is 1. The highest BCUT2D eigenvalue weighted by Gasteiger charge is 2.27. The zero-order valence-corrected chi connectivity index (χ0v) is 20.5. The van der Waals surface area contributed by atoms with Gasteiger partial charge in [0.05, 0.1) is 19.1 Å². The van der Waals surface area contributed by atoms with Gasteiger partial charge in [0.1, 0.15) is 5.82 Å². The van der Waals surface area contributed by atoms with E-state index in [9.17, 15) is 4.79 Å². The molecule has 0 atom stereocenters. The standard InChI is InChI=1S/C21H35N5O2.HI/c1-5-22-21(26-13-11-18(12-14-26)20(27)28-8-4)24-16-17-9-10-19(23-15-17)25(6-2)7-3;/h9-10,15,18H,5-8,11-14,16H2,1-4H3,(H,22,24);1H. The molecule has 0 aliphatic carbocycles. The van der Waals surface area contributed by atoms with Gasteiger partial charge in [-0.25, -0.2) is 9.98 Å². The van der Waals surface area contributed by atoms with Crippen LogP contribution in [0.2, 0.25) is 0 Å². The maximum absolute atomic E-state index is 11.9. The molecule has 0 unspecified atom stereocenters. The van der Waals surface area contributed by atoms with Crippen LogP contribution in [0.4, 0.5) is 5.82 Å². The number of rotatable bonds is 8. The van der Waals surface area contributed by atoms with Crippen molar-refractivity contribution in [1.29, 1.82) is 0 Å². The van der Waals surface area contributed by atoms with E-state index >= 15 is 0 Å². The summed E-state index contributed by atoms with van der Waals surface area (Å²) in [6.07, 6.45) is 3.53. The van der Waals surface area contributed by atoms with Gasteiger partial charge in [-0.1, -0.05) is 6.07 Å². The molecular formula is C21H36IN5O2. The van der Waals surface area contributed by atoms with Gasteiger partial charge in [0.2, 0.25) is 0 Å². The number of nitrogens with one attached hydrogen (secondary N) is 1. The van der Waals surface area contributed by atoms with E-state index in [0.29, 0.717) is 13.2 Å². The largest absolute Gasteiger partial charge is 0.466 e. The Morgan fingerprint density at radius 3 is 2.45 bits per heavy atom. The number of piperidine rings is 1. The monoisotopic (exact) mass is 517 g/mol. The first-order chi connectivity index (χ1) is 13.6. The highest BCUT2D eigenvalue weighted by atomic mass is 127. The molecule has 1 aromatic heterocycles. The minimum atomic E-state index is -0.0662. The lowest BCUT2D eigenvalue weighted by molar-refractivity contribution is -0.149. The van der Waals surface area contributed by atoms with E-state index in [4.69, 9.17) is 9.73 Å². The van der Waals surface area contributed by atoms with Crippen LogP contribution in [0, 0.1) is 5.92 Å². The predicted molar refractivity (Wildman–Crippen MR) is 129 cm³/mol. The molecule has 1 aliphatic rings. The van der Waals surface area contributed by atoms with Crippen LogP contribution in [0.15, 0.2) is 23.3 Å². The zero-order chi connectivity index (χ0) is 20.4. The number of nitrogens with zero attached hydrogens (tertiary/aromatic N) is 4. The molecule has 7 nitrogen and oxygen atoms in total. The van der Waals surface area contributed by atoms with E-state index in [2.05, 4.69) is 53.0 Å². The number of esters is 1. The SMILES string of the molecule is CCNC(=NCc1ccc(N(CC)CC)nc1)N1CCC(C(=O)OCC)CC1.I. The number of ether oxygens (including phenoxy) is 1. The number of hydrogen-bond acceptors (Lipinski definition) is 5. The summed E-state index contributed by atoms with van der Waals surface area (Å²) >= 11 is 0.